The van der Waals surface area contributed by atoms with Crippen LogP contribution in [0.15, 0.2) is 36.3 Å². The minimum Gasteiger partial charge on any atom is -0.495 e. The zero-order chi connectivity index (χ0) is 9.56. The molecule has 2 heteroatoms. The first-order valence-electron chi connectivity index (χ1n) is 3.96. The smallest absolute Gasteiger partial charge is 0.134 e. The van der Waals surface area contributed by atoms with E-state index in [1.54, 1.807) is 7.11 Å². The molecule has 0 radical (unpaired) electrons. The molecule has 0 heterocycles. The highest BCUT2D eigenvalue weighted by Crippen LogP contribution is 2.07. The van der Waals surface area contributed by atoms with E-state index in [0.29, 0.717) is 5.76 Å². The Balaban J connectivity index is 4.42. The summed E-state index contributed by atoms with van der Waals surface area (Å²) in [5.41, 5.74) is 1.87. The maximum absolute atomic E-state index is 5.00. The van der Waals surface area contributed by atoms with E-state index in [0.717, 1.165) is 17.8 Å². The van der Waals surface area contributed by atoms with Gasteiger partial charge >= 0.3 is 0 Å². The number of rotatable bonds is 5. The highest BCUT2D eigenvalue weighted by molar-refractivity contribution is 5.28. The minimum absolute atomic E-state index is 0.639. The third-order valence-corrected chi connectivity index (χ3v) is 1.30. The molecule has 12 heavy (non-hydrogen) atoms. The average Bonchev–Trinajstić information content (AvgIpc) is 2.01. The Morgan fingerprint density at radius 2 is 2.08 bits per heavy atom. The maximum atomic E-state index is 5.00. The summed E-state index contributed by atoms with van der Waals surface area (Å²) in [5, 5.41) is 3.14. The van der Waals surface area contributed by atoms with Gasteiger partial charge in [-0.25, -0.2) is 0 Å². The van der Waals surface area contributed by atoms with Gasteiger partial charge in [-0.2, -0.15) is 0 Å². The fourth-order valence-electron chi connectivity index (χ4n) is 0.777. The lowest BCUT2D eigenvalue weighted by Crippen LogP contribution is -2.14. The maximum Gasteiger partial charge on any atom is 0.134 e. The van der Waals surface area contributed by atoms with E-state index in [1.165, 1.54) is 0 Å². The number of nitrogens with one attached hydrogen (secondary N) is 1. The fraction of sp³-hybridized carbons (Fsp3) is 0.400. The monoisotopic (exact) mass is 167 g/mol. The van der Waals surface area contributed by atoms with Crippen LogP contribution in [0.5, 0.6) is 0 Å². The highest BCUT2D eigenvalue weighted by atomic mass is 16.5. The van der Waals surface area contributed by atoms with Crippen molar-refractivity contribution in [2.75, 3.05) is 13.7 Å². The van der Waals surface area contributed by atoms with Crippen molar-refractivity contribution >= 4 is 0 Å². The molecule has 0 spiro atoms. The Bertz CT molecular complexity index is 204. The lowest BCUT2D eigenvalue weighted by Gasteiger charge is -2.10. The molecule has 0 rings (SSSR count). The van der Waals surface area contributed by atoms with Crippen molar-refractivity contribution in [2.45, 2.75) is 13.8 Å². The highest BCUT2D eigenvalue weighted by Gasteiger charge is 1.99. The van der Waals surface area contributed by atoms with Crippen LogP contribution in [0.1, 0.15) is 13.8 Å². The molecule has 0 aliphatic heterocycles. The van der Waals surface area contributed by atoms with Gasteiger partial charge in [0.1, 0.15) is 5.76 Å². The second kappa shape index (κ2) is 5.47. The predicted octanol–water partition coefficient (Wildman–Crippen LogP) is 2.22. The number of hydrogen-bond acceptors (Lipinski definition) is 2. The van der Waals surface area contributed by atoms with Gasteiger partial charge in [0, 0.05) is 6.54 Å². The molecule has 0 aliphatic rings. The van der Waals surface area contributed by atoms with E-state index in [4.69, 9.17) is 4.74 Å². The summed E-state index contributed by atoms with van der Waals surface area (Å²) in [7, 11) is 1.60. The molecule has 0 aliphatic carbocycles. The Labute approximate surface area is 74.6 Å². The first-order chi connectivity index (χ1) is 5.61. The van der Waals surface area contributed by atoms with Gasteiger partial charge < -0.3 is 10.1 Å². The molecule has 0 amide bonds. The van der Waals surface area contributed by atoms with Crippen molar-refractivity contribution < 1.29 is 4.74 Å². The van der Waals surface area contributed by atoms with E-state index in [9.17, 15) is 0 Å². The standard InChI is InChI=1S/C10H17NO/c1-6-11-10(7-8(2)3)9(4)12-5/h7,11H,2,4,6H2,1,3,5H3/b10-7+. The lowest BCUT2D eigenvalue weighted by molar-refractivity contribution is 0.298. The van der Waals surface area contributed by atoms with Gasteiger partial charge in [0.2, 0.25) is 0 Å². The van der Waals surface area contributed by atoms with Gasteiger partial charge in [0.25, 0.3) is 0 Å². The molecule has 0 aromatic heterocycles. The van der Waals surface area contributed by atoms with E-state index in [2.05, 4.69) is 18.5 Å². The number of allylic oxidation sites excluding steroid dienone is 2. The van der Waals surface area contributed by atoms with Gasteiger partial charge in [-0.05, 0) is 19.9 Å². The van der Waals surface area contributed by atoms with Gasteiger partial charge in [-0.1, -0.05) is 18.7 Å². The summed E-state index contributed by atoms with van der Waals surface area (Å²) in [6.45, 7) is 12.3. The molecule has 0 bridgehead atoms. The number of methoxy groups -OCH3 is 1. The SMILES string of the molecule is C=C(C)/C=C(/NCC)C(=C)OC. The molecule has 0 aromatic carbocycles. The van der Waals surface area contributed by atoms with Gasteiger partial charge in [0.05, 0.1) is 12.8 Å². The summed E-state index contributed by atoms with van der Waals surface area (Å²) in [6.07, 6.45) is 1.91. The fourth-order valence-corrected chi connectivity index (χ4v) is 0.777. The second-order valence-electron chi connectivity index (χ2n) is 2.56. The quantitative estimate of drug-likeness (QED) is 0.500. The van der Waals surface area contributed by atoms with Crippen LogP contribution in [0.2, 0.25) is 0 Å². The summed E-state index contributed by atoms with van der Waals surface area (Å²) < 4.78 is 5.00. The topological polar surface area (TPSA) is 21.3 Å². The van der Waals surface area contributed by atoms with Crippen molar-refractivity contribution in [2.24, 2.45) is 0 Å². The molecule has 0 atom stereocenters. The number of likely N-dealkylation sites (N-methyl/N-ethyl adjacent to an activating group) is 1. The zero-order valence-electron chi connectivity index (χ0n) is 8.11. The van der Waals surface area contributed by atoms with Crippen LogP contribution in [0.3, 0.4) is 0 Å². The number of ether oxygens (including phenoxy) is 1. The van der Waals surface area contributed by atoms with Crippen molar-refractivity contribution in [1.29, 1.82) is 0 Å². The van der Waals surface area contributed by atoms with Crippen LogP contribution < -0.4 is 5.32 Å². The molecule has 1 N–H and O–H groups in total. The van der Waals surface area contributed by atoms with Crippen molar-refractivity contribution in [3.8, 4) is 0 Å². The lowest BCUT2D eigenvalue weighted by atomic mass is 10.2. The van der Waals surface area contributed by atoms with E-state index >= 15 is 0 Å². The first kappa shape index (κ1) is 10.8. The van der Waals surface area contributed by atoms with Crippen molar-refractivity contribution in [3.05, 3.63) is 36.3 Å². The summed E-state index contributed by atoms with van der Waals surface area (Å²) in [4.78, 5) is 0. The molecule has 0 aromatic rings. The average molecular weight is 167 g/mol. The summed E-state index contributed by atoms with van der Waals surface area (Å²) in [6, 6.07) is 0. The van der Waals surface area contributed by atoms with Crippen LogP contribution in [0.25, 0.3) is 0 Å². The van der Waals surface area contributed by atoms with E-state index in [-0.39, 0.29) is 0 Å². The van der Waals surface area contributed by atoms with Crippen LogP contribution >= 0.6 is 0 Å². The van der Waals surface area contributed by atoms with Crippen LogP contribution in [-0.4, -0.2) is 13.7 Å². The summed E-state index contributed by atoms with van der Waals surface area (Å²) >= 11 is 0. The first-order valence-corrected chi connectivity index (χ1v) is 3.96. The second-order valence-corrected chi connectivity index (χ2v) is 2.56. The summed E-state index contributed by atoms with van der Waals surface area (Å²) in [5.74, 6) is 0.639. The van der Waals surface area contributed by atoms with Crippen LogP contribution in [-0.2, 0) is 4.74 Å². The largest absolute Gasteiger partial charge is 0.495 e. The molecular formula is C10H17NO. The predicted molar refractivity (Wildman–Crippen MR) is 52.7 cm³/mol. The molecule has 0 unspecified atom stereocenters. The molecule has 0 fully saturated rings. The Kier molecular flexibility index (Phi) is 4.93. The Morgan fingerprint density at radius 3 is 2.42 bits per heavy atom. The third-order valence-electron chi connectivity index (χ3n) is 1.30. The molecule has 0 saturated heterocycles. The van der Waals surface area contributed by atoms with Gasteiger partial charge in [-0.3, -0.25) is 0 Å². The van der Waals surface area contributed by atoms with E-state index < -0.39 is 0 Å². The van der Waals surface area contributed by atoms with E-state index in [1.807, 2.05) is 19.9 Å². The third kappa shape index (κ3) is 3.86. The number of hydrogen-bond donors (Lipinski definition) is 1. The van der Waals surface area contributed by atoms with Gasteiger partial charge in [-0.15, -0.1) is 0 Å². The van der Waals surface area contributed by atoms with Crippen molar-refractivity contribution in [1.82, 2.24) is 5.32 Å². The molecular weight excluding hydrogens is 150 g/mol. The minimum atomic E-state index is 0.639. The molecule has 68 valence electrons. The Morgan fingerprint density at radius 1 is 1.50 bits per heavy atom. The van der Waals surface area contributed by atoms with Crippen molar-refractivity contribution in [3.63, 3.8) is 0 Å². The van der Waals surface area contributed by atoms with Gasteiger partial charge in [0.15, 0.2) is 0 Å². The zero-order valence-corrected chi connectivity index (χ0v) is 8.11. The molecule has 0 saturated carbocycles. The normalized spacial score (nSPS) is 10.8. The van der Waals surface area contributed by atoms with Crippen LogP contribution in [0, 0.1) is 0 Å². The van der Waals surface area contributed by atoms with Crippen LogP contribution in [0.4, 0.5) is 0 Å². The molecule has 2 nitrogen and oxygen atoms in total. The Hall–Kier alpha value is -1.18.